The van der Waals surface area contributed by atoms with Crippen LogP contribution in [0.15, 0.2) is 75.6 Å². The van der Waals surface area contributed by atoms with Gasteiger partial charge in [0.15, 0.2) is 5.78 Å². The van der Waals surface area contributed by atoms with Crippen molar-refractivity contribution in [3.63, 3.8) is 0 Å². The summed E-state index contributed by atoms with van der Waals surface area (Å²) >= 11 is 3.42. The van der Waals surface area contributed by atoms with Gasteiger partial charge in [-0.05, 0) is 48.4 Å². The number of hydrogen-bond donors (Lipinski definition) is 0. The number of carbonyl (C=O) groups is 1. The van der Waals surface area contributed by atoms with Gasteiger partial charge in [-0.1, -0.05) is 59.3 Å². The predicted molar refractivity (Wildman–Crippen MR) is 101 cm³/mol. The van der Waals surface area contributed by atoms with E-state index in [-0.39, 0.29) is 5.78 Å². The molecule has 1 aromatic heterocycles. The quantitative estimate of drug-likeness (QED) is 0.391. The van der Waals surface area contributed by atoms with E-state index < -0.39 is 0 Å². The highest BCUT2D eigenvalue weighted by Crippen LogP contribution is 2.24. The lowest BCUT2D eigenvalue weighted by atomic mass is 10.1. The molecule has 0 fully saturated rings. The van der Waals surface area contributed by atoms with Crippen LogP contribution in [-0.4, -0.2) is 5.78 Å². The summed E-state index contributed by atoms with van der Waals surface area (Å²) in [7, 11) is 0. The first-order valence-corrected chi connectivity index (χ1v) is 8.62. The van der Waals surface area contributed by atoms with Crippen molar-refractivity contribution in [3.8, 4) is 11.3 Å². The molecule has 2 nitrogen and oxygen atoms in total. The molecule has 0 saturated carbocycles. The molecule has 0 bridgehead atoms. The van der Waals surface area contributed by atoms with Gasteiger partial charge in [-0.2, -0.15) is 0 Å². The van der Waals surface area contributed by atoms with Gasteiger partial charge in [0.25, 0.3) is 0 Å². The zero-order chi connectivity index (χ0) is 16.9. The van der Waals surface area contributed by atoms with E-state index in [1.807, 2.05) is 60.7 Å². The SMILES string of the molecule is CCc1ccc(C(=O)C=Cc2ccc(-c3ccc(Br)cc3)o2)cc1. The fraction of sp³-hybridized carbons (Fsp3) is 0.0952. The maximum absolute atomic E-state index is 12.2. The second-order valence-corrected chi connectivity index (χ2v) is 6.37. The Labute approximate surface area is 150 Å². The molecular weight excluding hydrogens is 364 g/mol. The first kappa shape index (κ1) is 16.5. The molecule has 0 aliphatic heterocycles. The lowest BCUT2D eigenvalue weighted by Crippen LogP contribution is -1.94. The first-order chi connectivity index (χ1) is 11.7. The maximum atomic E-state index is 12.2. The number of rotatable bonds is 5. The minimum absolute atomic E-state index is 0.0285. The zero-order valence-corrected chi connectivity index (χ0v) is 14.9. The summed E-state index contributed by atoms with van der Waals surface area (Å²) in [6.45, 7) is 2.09. The molecule has 1 heterocycles. The van der Waals surface area contributed by atoms with E-state index >= 15 is 0 Å². The maximum Gasteiger partial charge on any atom is 0.185 e. The number of furan rings is 1. The summed E-state index contributed by atoms with van der Waals surface area (Å²) in [6, 6.07) is 19.4. The fourth-order valence-electron chi connectivity index (χ4n) is 2.37. The molecule has 0 aliphatic carbocycles. The Morgan fingerprint density at radius 3 is 2.38 bits per heavy atom. The first-order valence-electron chi connectivity index (χ1n) is 7.83. The monoisotopic (exact) mass is 380 g/mol. The van der Waals surface area contributed by atoms with Crippen molar-refractivity contribution in [3.05, 3.63) is 88.1 Å². The molecule has 24 heavy (non-hydrogen) atoms. The molecule has 2 aromatic carbocycles. The van der Waals surface area contributed by atoms with Crippen LogP contribution >= 0.6 is 15.9 Å². The summed E-state index contributed by atoms with van der Waals surface area (Å²) in [5.74, 6) is 1.41. The normalized spacial score (nSPS) is 11.1. The molecule has 0 atom stereocenters. The minimum atomic E-state index is -0.0285. The lowest BCUT2D eigenvalue weighted by Gasteiger charge is -1.98. The minimum Gasteiger partial charge on any atom is -0.457 e. The number of allylic oxidation sites excluding steroid dienone is 1. The van der Waals surface area contributed by atoms with Crippen molar-refractivity contribution in [2.75, 3.05) is 0 Å². The average Bonchev–Trinajstić information content (AvgIpc) is 3.09. The molecule has 0 amide bonds. The largest absolute Gasteiger partial charge is 0.457 e. The molecule has 3 aromatic rings. The number of ketones is 1. The molecular formula is C21H17BrO2. The number of halogens is 1. The van der Waals surface area contributed by atoms with Crippen molar-refractivity contribution in [2.24, 2.45) is 0 Å². The Kier molecular flexibility index (Phi) is 5.11. The summed E-state index contributed by atoms with van der Waals surface area (Å²) in [6.07, 6.45) is 4.22. The third-order valence-corrected chi connectivity index (χ3v) is 4.33. The summed E-state index contributed by atoms with van der Waals surface area (Å²) in [5.41, 5.74) is 2.91. The zero-order valence-electron chi connectivity index (χ0n) is 13.3. The number of benzene rings is 2. The van der Waals surface area contributed by atoms with E-state index in [1.165, 1.54) is 5.56 Å². The third kappa shape index (κ3) is 3.92. The number of hydrogen-bond acceptors (Lipinski definition) is 2. The lowest BCUT2D eigenvalue weighted by molar-refractivity contribution is 0.104. The van der Waals surface area contributed by atoms with Crippen LogP contribution in [-0.2, 0) is 6.42 Å². The van der Waals surface area contributed by atoms with E-state index in [0.29, 0.717) is 11.3 Å². The van der Waals surface area contributed by atoms with Crippen LogP contribution in [0.5, 0.6) is 0 Å². The van der Waals surface area contributed by atoms with Crippen LogP contribution in [0.2, 0.25) is 0 Å². The van der Waals surface area contributed by atoms with Gasteiger partial charge in [0.2, 0.25) is 0 Å². The summed E-state index contributed by atoms with van der Waals surface area (Å²) in [5, 5.41) is 0. The summed E-state index contributed by atoms with van der Waals surface area (Å²) < 4.78 is 6.80. The molecule has 3 rings (SSSR count). The molecule has 0 radical (unpaired) electrons. The van der Waals surface area contributed by atoms with Crippen LogP contribution in [0.1, 0.15) is 28.6 Å². The predicted octanol–water partition coefficient (Wildman–Crippen LogP) is 6.17. The van der Waals surface area contributed by atoms with Crippen molar-refractivity contribution in [1.29, 1.82) is 0 Å². The van der Waals surface area contributed by atoms with Gasteiger partial charge >= 0.3 is 0 Å². The summed E-state index contributed by atoms with van der Waals surface area (Å²) in [4.78, 5) is 12.2. The molecule has 0 spiro atoms. The standard InChI is InChI=1S/C21H17BrO2/c1-2-15-3-5-16(6-4-15)20(23)13-11-19-12-14-21(24-19)17-7-9-18(22)10-8-17/h3-14H,2H2,1H3. The second-order valence-electron chi connectivity index (χ2n) is 5.46. The highest BCUT2D eigenvalue weighted by atomic mass is 79.9. The Balaban J connectivity index is 1.72. The van der Waals surface area contributed by atoms with E-state index in [4.69, 9.17) is 4.42 Å². The van der Waals surface area contributed by atoms with Gasteiger partial charge in [-0.3, -0.25) is 4.79 Å². The van der Waals surface area contributed by atoms with Gasteiger partial charge in [0.05, 0.1) is 0 Å². The van der Waals surface area contributed by atoms with E-state index in [9.17, 15) is 4.79 Å². The average molecular weight is 381 g/mol. The number of carbonyl (C=O) groups excluding carboxylic acids is 1. The molecule has 0 saturated heterocycles. The van der Waals surface area contributed by atoms with Gasteiger partial charge in [0, 0.05) is 15.6 Å². The Hall–Kier alpha value is -2.39. The molecule has 0 N–H and O–H groups in total. The van der Waals surface area contributed by atoms with E-state index in [1.54, 1.807) is 12.2 Å². The van der Waals surface area contributed by atoms with Crippen LogP contribution in [0.3, 0.4) is 0 Å². The van der Waals surface area contributed by atoms with Crippen molar-refractivity contribution in [2.45, 2.75) is 13.3 Å². The highest BCUT2D eigenvalue weighted by Gasteiger charge is 2.05. The molecule has 0 unspecified atom stereocenters. The van der Waals surface area contributed by atoms with Crippen LogP contribution < -0.4 is 0 Å². The fourth-order valence-corrected chi connectivity index (χ4v) is 2.63. The second kappa shape index (κ2) is 7.45. The highest BCUT2D eigenvalue weighted by molar-refractivity contribution is 9.10. The van der Waals surface area contributed by atoms with Gasteiger partial charge < -0.3 is 4.42 Å². The van der Waals surface area contributed by atoms with Crippen molar-refractivity contribution in [1.82, 2.24) is 0 Å². The molecule has 120 valence electrons. The molecule has 3 heteroatoms. The Bertz CT molecular complexity index is 856. The van der Waals surface area contributed by atoms with Crippen LogP contribution in [0, 0.1) is 0 Å². The van der Waals surface area contributed by atoms with Gasteiger partial charge in [-0.25, -0.2) is 0 Å². The third-order valence-electron chi connectivity index (χ3n) is 3.80. The number of aryl methyl sites for hydroxylation is 1. The van der Waals surface area contributed by atoms with Gasteiger partial charge in [-0.15, -0.1) is 0 Å². The van der Waals surface area contributed by atoms with Crippen molar-refractivity contribution < 1.29 is 9.21 Å². The van der Waals surface area contributed by atoms with Crippen LogP contribution in [0.25, 0.3) is 17.4 Å². The van der Waals surface area contributed by atoms with Crippen LogP contribution in [0.4, 0.5) is 0 Å². The van der Waals surface area contributed by atoms with E-state index in [2.05, 4.69) is 22.9 Å². The Morgan fingerprint density at radius 1 is 1.00 bits per heavy atom. The topological polar surface area (TPSA) is 30.2 Å². The van der Waals surface area contributed by atoms with E-state index in [0.717, 1.165) is 22.2 Å². The van der Waals surface area contributed by atoms with Crippen molar-refractivity contribution >= 4 is 27.8 Å². The molecule has 0 aliphatic rings. The van der Waals surface area contributed by atoms with Gasteiger partial charge in [0.1, 0.15) is 11.5 Å². The smallest absolute Gasteiger partial charge is 0.185 e. The Morgan fingerprint density at radius 2 is 1.71 bits per heavy atom.